The van der Waals surface area contributed by atoms with Crippen LogP contribution in [0, 0.1) is 13.8 Å². The molecule has 1 heterocycles. The lowest BCUT2D eigenvalue weighted by atomic mass is 10.1. The molecular weight excluding hydrogens is 276 g/mol. The molecule has 0 fully saturated rings. The number of fused-ring (bicyclic) bond motifs is 1. The molecule has 0 bridgehead atoms. The Morgan fingerprint density at radius 3 is 2.55 bits per heavy atom. The van der Waals surface area contributed by atoms with Crippen LogP contribution in [0.5, 0.6) is 0 Å². The molecule has 3 aromatic rings. The van der Waals surface area contributed by atoms with Crippen LogP contribution in [0.3, 0.4) is 0 Å². The summed E-state index contributed by atoms with van der Waals surface area (Å²) < 4.78 is 1.67. The van der Waals surface area contributed by atoms with E-state index in [0.29, 0.717) is 0 Å². The maximum atomic E-state index is 12.4. The van der Waals surface area contributed by atoms with Crippen LogP contribution >= 0.6 is 0 Å². The van der Waals surface area contributed by atoms with E-state index in [-0.39, 0.29) is 5.91 Å². The van der Waals surface area contributed by atoms with Crippen LogP contribution in [0.2, 0.25) is 0 Å². The number of aromatic nitrogens is 3. The van der Waals surface area contributed by atoms with Gasteiger partial charge in [0.1, 0.15) is 11.6 Å². The number of nitrogens with one attached hydrogen (secondary N) is 1. The fourth-order valence-electron chi connectivity index (χ4n) is 2.36. The number of aryl methyl sites for hydroxylation is 2. The highest BCUT2D eigenvalue weighted by Crippen LogP contribution is 2.21. The Morgan fingerprint density at radius 2 is 1.82 bits per heavy atom. The van der Waals surface area contributed by atoms with Gasteiger partial charge in [-0.25, -0.2) is 4.68 Å². The summed E-state index contributed by atoms with van der Waals surface area (Å²) in [6, 6.07) is 13.0. The number of rotatable bonds is 3. The molecule has 112 valence electrons. The zero-order valence-electron chi connectivity index (χ0n) is 12.9. The summed E-state index contributed by atoms with van der Waals surface area (Å²) in [6.07, 6.45) is 0. The summed E-state index contributed by atoms with van der Waals surface area (Å²) in [7, 11) is 0. The van der Waals surface area contributed by atoms with E-state index in [2.05, 4.69) is 15.6 Å². The van der Waals surface area contributed by atoms with Gasteiger partial charge in [-0.3, -0.25) is 4.79 Å². The number of benzene rings is 2. The topological polar surface area (TPSA) is 59.8 Å². The van der Waals surface area contributed by atoms with E-state index in [9.17, 15) is 4.79 Å². The third-order valence-electron chi connectivity index (χ3n) is 3.87. The molecule has 0 aliphatic rings. The van der Waals surface area contributed by atoms with Crippen molar-refractivity contribution in [3.63, 3.8) is 0 Å². The summed E-state index contributed by atoms with van der Waals surface area (Å²) in [5, 5.41) is 11.2. The van der Waals surface area contributed by atoms with Crippen molar-refractivity contribution < 1.29 is 4.79 Å². The van der Waals surface area contributed by atoms with Crippen molar-refractivity contribution in [1.82, 2.24) is 15.0 Å². The second-order valence-electron chi connectivity index (χ2n) is 5.49. The van der Waals surface area contributed by atoms with Crippen molar-refractivity contribution in [3.8, 4) is 0 Å². The number of amides is 1. The van der Waals surface area contributed by atoms with E-state index < -0.39 is 6.04 Å². The summed E-state index contributed by atoms with van der Waals surface area (Å²) in [6.45, 7) is 5.90. The van der Waals surface area contributed by atoms with Gasteiger partial charge in [-0.1, -0.05) is 23.4 Å². The second-order valence-corrected chi connectivity index (χ2v) is 5.49. The minimum atomic E-state index is -0.438. The Balaban J connectivity index is 1.90. The molecule has 0 aliphatic carbocycles. The molecule has 0 aliphatic heterocycles. The Hall–Kier alpha value is -2.69. The summed E-state index contributed by atoms with van der Waals surface area (Å²) in [5.74, 6) is -0.115. The van der Waals surface area contributed by atoms with Crippen LogP contribution in [0.25, 0.3) is 11.0 Å². The van der Waals surface area contributed by atoms with Gasteiger partial charge in [0.15, 0.2) is 0 Å². The smallest absolute Gasteiger partial charge is 0.249 e. The molecule has 5 heteroatoms. The van der Waals surface area contributed by atoms with E-state index in [1.807, 2.05) is 63.2 Å². The lowest BCUT2D eigenvalue weighted by molar-refractivity contribution is -0.119. The van der Waals surface area contributed by atoms with Gasteiger partial charge in [-0.05, 0) is 56.2 Å². The molecule has 3 rings (SSSR count). The first-order chi connectivity index (χ1) is 10.6. The number of carbonyl (C=O) groups is 1. The first-order valence-electron chi connectivity index (χ1n) is 7.24. The second kappa shape index (κ2) is 5.60. The number of carbonyl (C=O) groups excluding carboxylic acids is 1. The van der Waals surface area contributed by atoms with E-state index >= 15 is 0 Å². The molecular formula is C17H18N4O. The zero-order chi connectivity index (χ0) is 15.7. The van der Waals surface area contributed by atoms with Gasteiger partial charge < -0.3 is 5.32 Å². The molecule has 1 amide bonds. The molecule has 0 saturated carbocycles. The average Bonchev–Trinajstić information content (AvgIpc) is 2.90. The molecule has 22 heavy (non-hydrogen) atoms. The van der Waals surface area contributed by atoms with Crippen LogP contribution < -0.4 is 5.32 Å². The van der Waals surface area contributed by atoms with Gasteiger partial charge in [-0.2, -0.15) is 0 Å². The van der Waals surface area contributed by atoms with Gasteiger partial charge in [0.2, 0.25) is 5.91 Å². The number of hydrogen-bond acceptors (Lipinski definition) is 3. The van der Waals surface area contributed by atoms with Crippen LogP contribution in [0.1, 0.15) is 24.1 Å². The lowest BCUT2D eigenvalue weighted by Crippen LogP contribution is -2.24. The van der Waals surface area contributed by atoms with Gasteiger partial charge >= 0.3 is 0 Å². The predicted octanol–water partition coefficient (Wildman–Crippen LogP) is 3.25. The van der Waals surface area contributed by atoms with Crippen molar-refractivity contribution in [3.05, 3.63) is 53.6 Å². The quantitative estimate of drug-likeness (QED) is 0.806. The number of nitrogens with zero attached hydrogens (tertiary/aromatic N) is 3. The zero-order valence-corrected chi connectivity index (χ0v) is 12.9. The highest BCUT2D eigenvalue weighted by Gasteiger charge is 2.19. The number of hydrogen-bond donors (Lipinski definition) is 1. The Labute approximate surface area is 129 Å². The molecule has 0 saturated heterocycles. The predicted molar refractivity (Wildman–Crippen MR) is 86.8 cm³/mol. The Morgan fingerprint density at radius 1 is 1.14 bits per heavy atom. The minimum absolute atomic E-state index is 0.115. The van der Waals surface area contributed by atoms with Crippen LogP contribution in [-0.2, 0) is 4.79 Å². The van der Waals surface area contributed by atoms with Gasteiger partial charge in [0, 0.05) is 5.69 Å². The highest BCUT2D eigenvalue weighted by molar-refractivity contribution is 5.94. The van der Waals surface area contributed by atoms with E-state index in [1.54, 1.807) is 4.68 Å². The van der Waals surface area contributed by atoms with Crippen LogP contribution in [-0.4, -0.2) is 20.9 Å². The number of anilines is 1. The third-order valence-corrected chi connectivity index (χ3v) is 3.87. The standard InChI is InChI=1S/C17H18N4O/c1-11-9-15-16(10-12(11)2)21(20-19-15)13(3)17(22)18-14-7-5-4-6-8-14/h4-10,13H,1-3H3,(H,18,22). The summed E-state index contributed by atoms with van der Waals surface area (Å²) in [4.78, 5) is 12.4. The fraction of sp³-hybridized carbons (Fsp3) is 0.235. The van der Waals surface area contributed by atoms with E-state index in [4.69, 9.17) is 0 Å². The van der Waals surface area contributed by atoms with Crippen molar-refractivity contribution in [2.45, 2.75) is 26.8 Å². The molecule has 0 radical (unpaired) electrons. The van der Waals surface area contributed by atoms with Crippen molar-refractivity contribution in [2.75, 3.05) is 5.32 Å². The first kappa shape index (κ1) is 14.3. The lowest BCUT2D eigenvalue weighted by Gasteiger charge is -2.13. The number of para-hydroxylation sites is 1. The largest absolute Gasteiger partial charge is 0.324 e. The molecule has 1 aromatic heterocycles. The molecule has 1 unspecified atom stereocenters. The van der Waals surface area contributed by atoms with E-state index in [1.165, 1.54) is 5.56 Å². The average molecular weight is 294 g/mol. The summed E-state index contributed by atoms with van der Waals surface area (Å²) in [5.41, 5.74) is 4.78. The van der Waals surface area contributed by atoms with Crippen molar-refractivity contribution in [1.29, 1.82) is 0 Å². The Bertz CT molecular complexity index is 823. The molecule has 1 N–H and O–H groups in total. The van der Waals surface area contributed by atoms with Crippen molar-refractivity contribution >= 4 is 22.6 Å². The van der Waals surface area contributed by atoms with Crippen LogP contribution in [0.15, 0.2) is 42.5 Å². The molecule has 1 atom stereocenters. The molecule has 0 spiro atoms. The van der Waals surface area contributed by atoms with Crippen molar-refractivity contribution in [2.24, 2.45) is 0 Å². The first-order valence-corrected chi connectivity index (χ1v) is 7.24. The Kier molecular flexibility index (Phi) is 3.63. The van der Waals surface area contributed by atoms with E-state index in [0.717, 1.165) is 22.3 Å². The SMILES string of the molecule is Cc1cc2nnn(C(C)C(=O)Nc3ccccc3)c2cc1C. The molecule has 2 aromatic carbocycles. The third kappa shape index (κ3) is 2.57. The highest BCUT2D eigenvalue weighted by atomic mass is 16.2. The van der Waals surface area contributed by atoms with Gasteiger partial charge in [-0.15, -0.1) is 5.10 Å². The normalized spacial score (nSPS) is 12.3. The fourth-order valence-corrected chi connectivity index (χ4v) is 2.36. The summed E-state index contributed by atoms with van der Waals surface area (Å²) >= 11 is 0. The maximum Gasteiger partial charge on any atom is 0.249 e. The monoisotopic (exact) mass is 294 g/mol. The minimum Gasteiger partial charge on any atom is -0.324 e. The van der Waals surface area contributed by atoms with Gasteiger partial charge in [0.05, 0.1) is 5.52 Å². The van der Waals surface area contributed by atoms with Gasteiger partial charge in [0.25, 0.3) is 0 Å². The van der Waals surface area contributed by atoms with Crippen LogP contribution in [0.4, 0.5) is 5.69 Å². The maximum absolute atomic E-state index is 12.4. The molecule has 5 nitrogen and oxygen atoms in total.